The highest BCUT2D eigenvalue weighted by Crippen LogP contribution is 2.23. The van der Waals surface area contributed by atoms with Crippen molar-refractivity contribution in [3.63, 3.8) is 0 Å². The Balaban J connectivity index is 1.51. The van der Waals surface area contributed by atoms with Crippen LogP contribution in [0.2, 0.25) is 0 Å². The van der Waals surface area contributed by atoms with Gasteiger partial charge in [0, 0.05) is 24.7 Å². The van der Waals surface area contributed by atoms with Gasteiger partial charge in [-0.2, -0.15) is 0 Å². The van der Waals surface area contributed by atoms with Crippen molar-refractivity contribution < 1.29 is 14.3 Å². The molecule has 1 N–H and O–H groups in total. The monoisotopic (exact) mass is 388 g/mol. The molecular weight excluding hydrogens is 364 g/mol. The number of ether oxygens (including phenoxy) is 1. The standard InChI is InChI=1S/C24H24N2O3/c1-29-24(28)22-14-19(16-26(22)15-17-8-3-2-4-9-17)25-23(27)21-13-7-11-18-10-5-6-12-20(18)21/h2-13,19,22H,14-16H2,1H3,(H,25,27)/t19-,22+/m1/s1. The molecule has 1 heterocycles. The highest BCUT2D eigenvalue weighted by atomic mass is 16.5. The van der Waals surface area contributed by atoms with E-state index in [0.29, 0.717) is 25.1 Å². The van der Waals surface area contributed by atoms with Crippen LogP contribution in [0.5, 0.6) is 0 Å². The molecule has 3 aromatic rings. The Morgan fingerprint density at radius 2 is 1.72 bits per heavy atom. The minimum atomic E-state index is -0.363. The van der Waals surface area contributed by atoms with Gasteiger partial charge in [0.05, 0.1) is 7.11 Å². The van der Waals surface area contributed by atoms with E-state index < -0.39 is 0 Å². The molecule has 0 saturated carbocycles. The summed E-state index contributed by atoms with van der Waals surface area (Å²) in [6.45, 7) is 1.24. The molecule has 2 atom stereocenters. The molecule has 3 aromatic carbocycles. The average Bonchev–Trinajstić information content (AvgIpc) is 3.15. The molecule has 1 aliphatic rings. The van der Waals surface area contributed by atoms with E-state index in [1.54, 1.807) is 0 Å². The van der Waals surface area contributed by atoms with Crippen LogP contribution in [0.4, 0.5) is 0 Å². The van der Waals surface area contributed by atoms with Crippen molar-refractivity contribution in [3.8, 4) is 0 Å². The lowest BCUT2D eigenvalue weighted by molar-refractivity contribution is -0.146. The second-order valence-electron chi connectivity index (χ2n) is 7.39. The van der Waals surface area contributed by atoms with Gasteiger partial charge in [-0.1, -0.05) is 66.7 Å². The molecule has 1 fully saturated rings. The van der Waals surface area contributed by atoms with Gasteiger partial charge in [-0.3, -0.25) is 14.5 Å². The first-order valence-corrected chi connectivity index (χ1v) is 9.80. The molecule has 29 heavy (non-hydrogen) atoms. The zero-order valence-electron chi connectivity index (χ0n) is 16.4. The Labute approximate surface area is 170 Å². The maximum absolute atomic E-state index is 13.0. The van der Waals surface area contributed by atoms with E-state index in [9.17, 15) is 9.59 Å². The number of nitrogens with zero attached hydrogens (tertiary/aromatic N) is 1. The van der Waals surface area contributed by atoms with Gasteiger partial charge < -0.3 is 10.1 Å². The van der Waals surface area contributed by atoms with Gasteiger partial charge in [0.25, 0.3) is 5.91 Å². The van der Waals surface area contributed by atoms with E-state index in [1.165, 1.54) is 7.11 Å². The minimum absolute atomic E-state index is 0.114. The number of methoxy groups -OCH3 is 1. The summed E-state index contributed by atoms with van der Waals surface area (Å²) in [7, 11) is 1.41. The molecule has 4 rings (SSSR count). The van der Waals surface area contributed by atoms with Crippen molar-refractivity contribution >= 4 is 22.6 Å². The average molecular weight is 388 g/mol. The molecule has 0 aromatic heterocycles. The lowest BCUT2D eigenvalue weighted by Crippen LogP contribution is -2.37. The van der Waals surface area contributed by atoms with Crippen molar-refractivity contribution in [1.82, 2.24) is 10.2 Å². The van der Waals surface area contributed by atoms with Crippen molar-refractivity contribution in [1.29, 1.82) is 0 Å². The maximum atomic E-state index is 13.0. The molecule has 0 aliphatic carbocycles. The molecule has 5 nitrogen and oxygen atoms in total. The molecule has 1 amide bonds. The fraction of sp³-hybridized carbons (Fsp3) is 0.250. The Hall–Kier alpha value is -3.18. The van der Waals surface area contributed by atoms with Crippen LogP contribution in [0.1, 0.15) is 22.3 Å². The Morgan fingerprint density at radius 1 is 1.00 bits per heavy atom. The van der Waals surface area contributed by atoms with Crippen LogP contribution in [0.25, 0.3) is 10.8 Å². The number of carbonyl (C=O) groups excluding carboxylic acids is 2. The first-order valence-electron chi connectivity index (χ1n) is 9.80. The fourth-order valence-electron chi connectivity index (χ4n) is 4.07. The molecule has 1 aliphatic heterocycles. The van der Waals surface area contributed by atoms with Crippen LogP contribution >= 0.6 is 0 Å². The van der Waals surface area contributed by atoms with Gasteiger partial charge in [0.2, 0.25) is 0 Å². The molecule has 0 unspecified atom stereocenters. The van der Waals surface area contributed by atoms with Crippen LogP contribution in [0.3, 0.4) is 0 Å². The predicted octanol–water partition coefficient (Wildman–Crippen LogP) is 3.39. The summed E-state index contributed by atoms with van der Waals surface area (Å²) in [5.74, 6) is -0.375. The summed E-state index contributed by atoms with van der Waals surface area (Å²) in [5.41, 5.74) is 1.78. The summed E-state index contributed by atoms with van der Waals surface area (Å²) < 4.78 is 5.00. The number of nitrogens with one attached hydrogen (secondary N) is 1. The number of hydrogen-bond acceptors (Lipinski definition) is 4. The van der Waals surface area contributed by atoms with Gasteiger partial charge in [-0.15, -0.1) is 0 Å². The quantitative estimate of drug-likeness (QED) is 0.681. The van der Waals surface area contributed by atoms with Crippen LogP contribution in [-0.2, 0) is 16.1 Å². The second kappa shape index (κ2) is 8.45. The third-order valence-electron chi connectivity index (χ3n) is 5.47. The van der Waals surface area contributed by atoms with Gasteiger partial charge >= 0.3 is 5.97 Å². The lowest BCUT2D eigenvalue weighted by atomic mass is 10.0. The van der Waals surface area contributed by atoms with Crippen molar-refractivity contribution in [2.45, 2.75) is 25.0 Å². The number of esters is 1. The predicted molar refractivity (Wildman–Crippen MR) is 112 cm³/mol. The van der Waals surface area contributed by atoms with E-state index in [4.69, 9.17) is 4.74 Å². The number of likely N-dealkylation sites (tertiary alicyclic amines) is 1. The van der Waals surface area contributed by atoms with Crippen LogP contribution in [0.15, 0.2) is 72.8 Å². The Morgan fingerprint density at radius 3 is 2.52 bits per heavy atom. The molecule has 0 radical (unpaired) electrons. The van der Waals surface area contributed by atoms with E-state index in [2.05, 4.69) is 10.2 Å². The zero-order chi connectivity index (χ0) is 20.2. The highest BCUT2D eigenvalue weighted by Gasteiger charge is 2.38. The lowest BCUT2D eigenvalue weighted by Gasteiger charge is -2.22. The van der Waals surface area contributed by atoms with Crippen LogP contribution in [0, 0.1) is 0 Å². The van der Waals surface area contributed by atoms with Gasteiger partial charge in [-0.05, 0) is 28.8 Å². The SMILES string of the molecule is COC(=O)[C@@H]1C[C@@H](NC(=O)c2cccc3ccccc23)CN1Cc1ccccc1. The number of rotatable bonds is 5. The molecule has 148 valence electrons. The third kappa shape index (κ3) is 4.15. The number of carbonyl (C=O) groups is 2. The zero-order valence-corrected chi connectivity index (χ0v) is 16.4. The van der Waals surface area contributed by atoms with Crippen LogP contribution < -0.4 is 5.32 Å². The normalized spacial score (nSPS) is 19.2. The molecule has 5 heteroatoms. The summed E-state index contributed by atoms with van der Waals surface area (Å²) in [6, 6.07) is 23.1. The van der Waals surface area contributed by atoms with Gasteiger partial charge in [0.1, 0.15) is 6.04 Å². The van der Waals surface area contributed by atoms with Gasteiger partial charge in [0.15, 0.2) is 0 Å². The summed E-state index contributed by atoms with van der Waals surface area (Å²) in [6.07, 6.45) is 0.538. The second-order valence-corrected chi connectivity index (χ2v) is 7.39. The van der Waals surface area contributed by atoms with Crippen molar-refractivity contribution in [2.24, 2.45) is 0 Å². The van der Waals surface area contributed by atoms with E-state index >= 15 is 0 Å². The number of amides is 1. The van der Waals surface area contributed by atoms with Crippen molar-refractivity contribution in [2.75, 3.05) is 13.7 Å². The van der Waals surface area contributed by atoms with Gasteiger partial charge in [-0.25, -0.2) is 0 Å². The first kappa shape index (κ1) is 19.2. The molecular formula is C24H24N2O3. The summed E-state index contributed by atoms with van der Waals surface area (Å²) >= 11 is 0. The Bertz CT molecular complexity index is 1010. The van der Waals surface area contributed by atoms with E-state index in [1.807, 2.05) is 72.8 Å². The van der Waals surface area contributed by atoms with E-state index in [-0.39, 0.29) is 24.0 Å². The minimum Gasteiger partial charge on any atom is -0.468 e. The topological polar surface area (TPSA) is 58.6 Å². The number of benzene rings is 3. The first-order chi connectivity index (χ1) is 14.2. The van der Waals surface area contributed by atoms with Crippen LogP contribution in [-0.4, -0.2) is 42.5 Å². The molecule has 1 saturated heterocycles. The smallest absolute Gasteiger partial charge is 0.323 e. The van der Waals surface area contributed by atoms with Crippen molar-refractivity contribution in [3.05, 3.63) is 83.9 Å². The molecule has 0 bridgehead atoms. The number of hydrogen-bond donors (Lipinski definition) is 1. The third-order valence-corrected chi connectivity index (χ3v) is 5.47. The maximum Gasteiger partial charge on any atom is 0.323 e. The molecule has 0 spiro atoms. The number of fused-ring (bicyclic) bond motifs is 1. The van der Waals surface area contributed by atoms with E-state index in [0.717, 1.165) is 16.3 Å². The summed E-state index contributed by atoms with van der Waals surface area (Å²) in [5, 5.41) is 5.08. The summed E-state index contributed by atoms with van der Waals surface area (Å²) in [4.78, 5) is 27.4. The largest absolute Gasteiger partial charge is 0.468 e. The highest BCUT2D eigenvalue weighted by molar-refractivity contribution is 6.07. The Kier molecular flexibility index (Phi) is 5.58. The fourth-order valence-corrected chi connectivity index (χ4v) is 4.07.